The smallest absolute Gasteiger partial charge is 0.148 e. The number of nitrogens with zero attached hydrogens (tertiary/aromatic N) is 4. The van der Waals surface area contributed by atoms with Crippen molar-refractivity contribution < 1.29 is 0 Å². The highest BCUT2D eigenvalue weighted by atomic mass is 15.2. The summed E-state index contributed by atoms with van der Waals surface area (Å²) in [5, 5.41) is 4.11. The third-order valence-electron chi connectivity index (χ3n) is 2.92. The monoisotopic (exact) mass is 215 g/mol. The minimum atomic E-state index is -0.256. The van der Waals surface area contributed by atoms with Crippen LogP contribution in [0.25, 0.3) is 11.1 Å². The van der Waals surface area contributed by atoms with Gasteiger partial charge in [0, 0.05) is 36.8 Å². The lowest BCUT2D eigenvalue weighted by atomic mass is 10.2. The van der Waals surface area contributed by atoms with Crippen molar-refractivity contribution in [1.29, 1.82) is 0 Å². The van der Waals surface area contributed by atoms with Gasteiger partial charge in [0.2, 0.25) is 0 Å². The van der Waals surface area contributed by atoms with Crippen molar-refractivity contribution in [2.24, 2.45) is 12.8 Å². The molecule has 0 amide bonds. The normalized spacial score (nSPS) is 17.4. The van der Waals surface area contributed by atoms with E-state index in [0.717, 1.165) is 29.8 Å². The molecule has 3 rings (SSSR count). The Balaban J connectivity index is 1.93. The summed E-state index contributed by atoms with van der Waals surface area (Å²) < 4.78 is 1.76. The summed E-state index contributed by atoms with van der Waals surface area (Å²) in [6, 6.07) is 0. The SMILES string of the molecule is Cn1cc(-c2cnc(C3(N)CC3)nc2)cn1. The quantitative estimate of drug-likeness (QED) is 0.805. The Kier molecular flexibility index (Phi) is 1.85. The number of aromatic nitrogens is 4. The maximum Gasteiger partial charge on any atom is 0.148 e. The van der Waals surface area contributed by atoms with Crippen LogP contribution in [0.5, 0.6) is 0 Å². The first kappa shape index (κ1) is 9.47. The summed E-state index contributed by atoms with van der Waals surface area (Å²) in [5.41, 5.74) is 7.76. The lowest BCUT2D eigenvalue weighted by Crippen LogP contribution is -2.21. The van der Waals surface area contributed by atoms with E-state index in [-0.39, 0.29) is 5.54 Å². The molecule has 1 aliphatic carbocycles. The second-order valence-corrected chi connectivity index (χ2v) is 4.35. The highest BCUT2D eigenvalue weighted by molar-refractivity contribution is 5.59. The van der Waals surface area contributed by atoms with Gasteiger partial charge in [0.1, 0.15) is 5.82 Å². The van der Waals surface area contributed by atoms with Crippen LogP contribution in [0.2, 0.25) is 0 Å². The van der Waals surface area contributed by atoms with Gasteiger partial charge in [-0.05, 0) is 12.8 Å². The zero-order chi connectivity index (χ0) is 11.2. The van der Waals surface area contributed by atoms with Gasteiger partial charge < -0.3 is 5.73 Å². The fourth-order valence-corrected chi connectivity index (χ4v) is 1.66. The molecular formula is C11H13N5. The molecule has 2 aromatic heterocycles. The van der Waals surface area contributed by atoms with Gasteiger partial charge in [-0.3, -0.25) is 4.68 Å². The number of hydrogen-bond acceptors (Lipinski definition) is 4. The van der Waals surface area contributed by atoms with Gasteiger partial charge in [0.15, 0.2) is 0 Å². The lowest BCUT2D eigenvalue weighted by molar-refractivity contribution is 0.672. The molecule has 0 atom stereocenters. The predicted molar refractivity (Wildman–Crippen MR) is 59.3 cm³/mol. The highest BCUT2D eigenvalue weighted by Crippen LogP contribution is 2.40. The van der Waals surface area contributed by atoms with Crippen LogP contribution < -0.4 is 5.73 Å². The van der Waals surface area contributed by atoms with Gasteiger partial charge in [-0.25, -0.2) is 9.97 Å². The Bertz CT molecular complexity index is 509. The molecule has 0 bridgehead atoms. The van der Waals surface area contributed by atoms with E-state index in [0.29, 0.717) is 0 Å². The highest BCUT2D eigenvalue weighted by Gasteiger charge is 2.42. The second-order valence-electron chi connectivity index (χ2n) is 4.35. The molecule has 5 heteroatoms. The summed E-state index contributed by atoms with van der Waals surface area (Å²) in [6.45, 7) is 0. The molecule has 1 saturated carbocycles. The van der Waals surface area contributed by atoms with E-state index in [9.17, 15) is 0 Å². The van der Waals surface area contributed by atoms with E-state index in [2.05, 4.69) is 15.1 Å². The maximum absolute atomic E-state index is 6.02. The standard InChI is InChI=1S/C11H13N5/c1-16-7-9(6-15-16)8-4-13-10(14-5-8)11(12)2-3-11/h4-7H,2-3,12H2,1H3. The number of aryl methyl sites for hydroxylation is 1. The molecule has 1 fully saturated rings. The minimum absolute atomic E-state index is 0.256. The molecule has 1 aliphatic rings. The van der Waals surface area contributed by atoms with Crippen molar-refractivity contribution in [3.63, 3.8) is 0 Å². The summed E-state index contributed by atoms with van der Waals surface area (Å²) in [4.78, 5) is 8.65. The first-order chi connectivity index (χ1) is 7.67. The Morgan fingerprint density at radius 2 is 1.88 bits per heavy atom. The van der Waals surface area contributed by atoms with Crippen molar-refractivity contribution in [1.82, 2.24) is 19.7 Å². The molecule has 0 radical (unpaired) electrons. The van der Waals surface area contributed by atoms with Crippen LogP contribution in [0.1, 0.15) is 18.7 Å². The third kappa shape index (κ3) is 1.49. The maximum atomic E-state index is 6.02. The van der Waals surface area contributed by atoms with Crippen LogP contribution in [-0.4, -0.2) is 19.7 Å². The van der Waals surface area contributed by atoms with Gasteiger partial charge in [0.05, 0.1) is 11.7 Å². The van der Waals surface area contributed by atoms with Gasteiger partial charge in [0.25, 0.3) is 0 Å². The van der Waals surface area contributed by atoms with Crippen molar-refractivity contribution in [3.05, 3.63) is 30.6 Å². The average Bonchev–Trinajstić information content (AvgIpc) is 2.89. The number of hydrogen-bond donors (Lipinski definition) is 1. The first-order valence-corrected chi connectivity index (χ1v) is 5.28. The van der Waals surface area contributed by atoms with Crippen molar-refractivity contribution >= 4 is 0 Å². The van der Waals surface area contributed by atoms with Gasteiger partial charge in [-0.15, -0.1) is 0 Å². The van der Waals surface area contributed by atoms with E-state index >= 15 is 0 Å². The van der Waals surface area contributed by atoms with E-state index in [1.807, 2.05) is 25.6 Å². The Labute approximate surface area is 93.3 Å². The second kappa shape index (κ2) is 3.12. The number of rotatable bonds is 2. The largest absolute Gasteiger partial charge is 0.319 e. The average molecular weight is 215 g/mol. The molecular weight excluding hydrogens is 202 g/mol. The van der Waals surface area contributed by atoms with Crippen molar-refractivity contribution in [2.75, 3.05) is 0 Å². The zero-order valence-corrected chi connectivity index (χ0v) is 9.09. The topological polar surface area (TPSA) is 69.6 Å². The Hall–Kier alpha value is -1.75. The molecule has 82 valence electrons. The minimum Gasteiger partial charge on any atom is -0.319 e. The third-order valence-corrected chi connectivity index (χ3v) is 2.92. The summed E-state index contributed by atoms with van der Waals surface area (Å²) in [7, 11) is 1.89. The fraction of sp³-hybridized carbons (Fsp3) is 0.364. The van der Waals surface area contributed by atoms with Gasteiger partial charge >= 0.3 is 0 Å². The zero-order valence-electron chi connectivity index (χ0n) is 9.09. The van der Waals surface area contributed by atoms with Gasteiger partial charge in [-0.2, -0.15) is 5.10 Å². The molecule has 16 heavy (non-hydrogen) atoms. The molecule has 5 nitrogen and oxygen atoms in total. The van der Waals surface area contributed by atoms with E-state index in [1.165, 1.54) is 0 Å². The van der Waals surface area contributed by atoms with Crippen LogP contribution in [0.15, 0.2) is 24.8 Å². The molecule has 2 heterocycles. The van der Waals surface area contributed by atoms with E-state index in [1.54, 1.807) is 10.9 Å². The van der Waals surface area contributed by atoms with Gasteiger partial charge in [-0.1, -0.05) is 0 Å². The van der Waals surface area contributed by atoms with Crippen LogP contribution >= 0.6 is 0 Å². The fourth-order valence-electron chi connectivity index (χ4n) is 1.66. The lowest BCUT2D eigenvalue weighted by Gasteiger charge is -2.06. The predicted octanol–water partition coefficient (Wildman–Crippen LogP) is 0.825. The molecule has 2 aromatic rings. The Morgan fingerprint density at radius 3 is 2.38 bits per heavy atom. The van der Waals surface area contributed by atoms with E-state index < -0.39 is 0 Å². The molecule has 0 aromatic carbocycles. The summed E-state index contributed by atoms with van der Waals surface area (Å²) >= 11 is 0. The molecule has 0 spiro atoms. The molecule has 0 aliphatic heterocycles. The first-order valence-electron chi connectivity index (χ1n) is 5.28. The van der Waals surface area contributed by atoms with Crippen LogP contribution in [0.4, 0.5) is 0 Å². The Morgan fingerprint density at radius 1 is 1.19 bits per heavy atom. The van der Waals surface area contributed by atoms with Crippen LogP contribution in [0.3, 0.4) is 0 Å². The van der Waals surface area contributed by atoms with Crippen molar-refractivity contribution in [3.8, 4) is 11.1 Å². The number of nitrogens with two attached hydrogens (primary N) is 1. The van der Waals surface area contributed by atoms with Crippen LogP contribution in [-0.2, 0) is 12.6 Å². The van der Waals surface area contributed by atoms with E-state index in [4.69, 9.17) is 5.73 Å². The summed E-state index contributed by atoms with van der Waals surface area (Å²) in [6.07, 6.45) is 9.33. The molecule has 0 saturated heterocycles. The molecule has 0 unspecified atom stereocenters. The van der Waals surface area contributed by atoms with Crippen molar-refractivity contribution in [2.45, 2.75) is 18.4 Å². The molecule has 2 N–H and O–H groups in total. The van der Waals surface area contributed by atoms with Crippen LogP contribution in [0, 0.1) is 0 Å². The summed E-state index contributed by atoms with van der Waals surface area (Å²) in [5.74, 6) is 0.750.